The van der Waals surface area contributed by atoms with Crippen molar-refractivity contribution >= 4 is 5.78 Å². The van der Waals surface area contributed by atoms with E-state index in [-0.39, 0.29) is 24.2 Å². The molecule has 0 bridgehead atoms. The minimum absolute atomic E-state index is 0.0356. The van der Waals surface area contributed by atoms with Crippen LogP contribution in [-0.4, -0.2) is 19.1 Å². The van der Waals surface area contributed by atoms with Crippen molar-refractivity contribution in [1.29, 1.82) is 0 Å². The van der Waals surface area contributed by atoms with Crippen LogP contribution < -0.4 is 4.74 Å². The molecule has 2 atom stereocenters. The van der Waals surface area contributed by atoms with Crippen molar-refractivity contribution in [3.63, 3.8) is 0 Å². The van der Waals surface area contributed by atoms with Crippen LogP contribution in [-0.2, 0) is 0 Å². The maximum absolute atomic E-state index is 14.0. The minimum atomic E-state index is -4.30. The molecule has 21 heavy (non-hydrogen) atoms. The van der Waals surface area contributed by atoms with Crippen LogP contribution in [0.15, 0.2) is 18.2 Å². The molecule has 0 radical (unpaired) electrons. The fourth-order valence-electron chi connectivity index (χ4n) is 2.80. The molecule has 1 saturated carbocycles. The van der Waals surface area contributed by atoms with E-state index in [4.69, 9.17) is 4.74 Å². The number of alkyl halides is 3. The zero-order valence-corrected chi connectivity index (χ0v) is 11.5. The average Bonchev–Trinajstić information content (AvgIpc) is 2.46. The van der Waals surface area contributed by atoms with Gasteiger partial charge in [-0.3, -0.25) is 4.79 Å². The van der Waals surface area contributed by atoms with Crippen LogP contribution in [0.25, 0.3) is 0 Å². The van der Waals surface area contributed by atoms with Crippen LogP contribution in [0.4, 0.5) is 17.6 Å². The zero-order valence-electron chi connectivity index (χ0n) is 11.5. The number of rotatable bonds is 3. The Kier molecular flexibility index (Phi) is 4.54. The van der Waals surface area contributed by atoms with Gasteiger partial charge in [-0.25, -0.2) is 4.39 Å². The van der Waals surface area contributed by atoms with Gasteiger partial charge in [-0.15, -0.1) is 0 Å². The number of benzene rings is 1. The maximum Gasteiger partial charge on any atom is 0.391 e. The van der Waals surface area contributed by atoms with Gasteiger partial charge in [-0.05, 0) is 31.4 Å². The highest BCUT2D eigenvalue weighted by atomic mass is 19.4. The van der Waals surface area contributed by atoms with Crippen molar-refractivity contribution in [2.24, 2.45) is 11.8 Å². The Labute approximate surface area is 120 Å². The smallest absolute Gasteiger partial charge is 0.391 e. The van der Waals surface area contributed by atoms with Crippen LogP contribution in [0.3, 0.4) is 0 Å². The third kappa shape index (κ3) is 3.36. The number of ketones is 1. The number of Topliss-reactive ketones (excluding diaryl/α,β-unsaturated/α-hetero) is 1. The predicted molar refractivity (Wildman–Crippen MR) is 68.8 cm³/mol. The zero-order chi connectivity index (χ0) is 15.6. The summed E-state index contributed by atoms with van der Waals surface area (Å²) in [6.45, 7) is 0. The first kappa shape index (κ1) is 15.8. The number of hydrogen-bond acceptors (Lipinski definition) is 2. The van der Waals surface area contributed by atoms with Gasteiger partial charge in [0, 0.05) is 5.92 Å². The summed E-state index contributed by atoms with van der Waals surface area (Å²) in [4.78, 5) is 12.3. The van der Waals surface area contributed by atoms with E-state index >= 15 is 0 Å². The number of methoxy groups -OCH3 is 1. The summed E-state index contributed by atoms with van der Waals surface area (Å²) in [5, 5.41) is 0. The maximum atomic E-state index is 14.0. The second-order valence-electron chi connectivity index (χ2n) is 5.29. The van der Waals surface area contributed by atoms with Crippen molar-refractivity contribution in [2.75, 3.05) is 7.11 Å². The number of hydrogen-bond donors (Lipinski definition) is 0. The van der Waals surface area contributed by atoms with E-state index in [1.807, 2.05) is 0 Å². The van der Waals surface area contributed by atoms with Crippen molar-refractivity contribution in [1.82, 2.24) is 0 Å². The standard InChI is InChI=1S/C15H16F4O2/c1-21-12-7-3-6-11(13(12)16)14(20)9-4-2-5-10(8-9)15(17,18)19/h3,6-7,9-10H,2,4-5,8H2,1H3. The topological polar surface area (TPSA) is 26.3 Å². The summed E-state index contributed by atoms with van der Waals surface area (Å²) in [7, 11) is 1.27. The van der Waals surface area contributed by atoms with E-state index in [9.17, 15) is 22.4 Å². The van der Waals surface area contributed by atoms with E-state index in [1.54, 1.807) is 0 Å². The summed E-state index contributed by atoms with van der Waals surface area (Å²) in [5.41, 5.74) is -0.192. The van der Waals surface area contributed by atoms with Gasteiger partial charge in [0.15, 0.2) is 17.3 Å². The lowest BCUT2D eigenvalue weighted by molar-refractivity contribution is -0.184. The number of halogens is 4. The average molecular weight is 304 g/mol. The normalized spacial score (nSPS) is 22.9. The molecule has 1 aliphatic rings. The first-order valence-corrected chi connectivity index (χ1v) is 6.78. The molecule has 2 unspecified atom stereocenters. The van der Waals surface area contributed by atoms with Crippen LogP contribution in [0, 0.1) is 17.7 Å². The highest BCUT2D eigenvalue weighted by Crippen LogP contribution is 2.41. The van der Waals surface area contributed by atoms with Crippen molar-refractivity contribution in [2.45, 2.75) is 31.9 Å². The highest BCUT2D eigenvalue weighted by molar-refractivity contribution is 5.98. The highest BCUT2D eigenvalue weighted by Gasteiger charge is 2.43. The van der Waals surface area contributed by atoms with E-state index < -0.39 is 29.6 Å². The number of carbonyl (C=O) groups is 1. The van der Waals surface area contributed by atoms with E-state index in [0.29, 0.717) is 12.8 Å². The molecule has 116 valence electrons. The Morgan fingerprint density at radius 1 is 1.29 bits per heavy atom. The molecule has 0 spiro atoms. The Hall–Kier alpha value is -1.59. The molecule has 0 heterocycles. The van der Waals surface area contributed by atoms with Gasteiger partial charge in [-0.1, -0.05) is 12.5 Å². The van der Waals surface area contributed by atoms with E-state index in [0.717, 1.165) is 0 Å². The summed E-state index contributed by atoms with van der Waals surface area (Å²) in [5.74, 6) is -3.72. The number of carbonyl (C=O) groups excluding carboxylic acids is 1. The quantitative estimate of drug-likeness (QED) is 0.611. The molecule has 1 aliphatic carbocycles. The lowest BCUT2D eigenvalue weighted by atomic mass is 9.77. The first-order chi connectivity index (χ1) is 9.84. The van der Waals surface area contributed by atoms with Gasteiger partial charge in [-0.2, -0.15) is 13.2 Å². The third-order valence-electron chi connectivity index (χ3n) is 3.96. The lowest BCUT2D eigenvalue weighted by Gasteiger charge is -2.29. The third-order valence-corrected chi connectivity index (χ3v) is 3.96. The summed E-state index contributed by atoms with van der Waals surface area (Å²) >= 11 is 0. The van der Waals surface area contributed by atoms with Crippen molar-refractivity contribution < 1.29 is 27.1 Å². The van der Waals surface area contributed by atoms with Gasteiger partial charge in [0.1, 0.15) is 0 Å². The second-order valence-corrected chi connectivity index (χ2v) is 5.29. The van der Waals surface area contributed by atoms with Gasteiger partial charge >= 0.3 is 6.18 Å². The monoisotopic (exact) mass is 304 g/mol. The fraction of sp³-hybridized carbons (Fsp3) is 0.533. The molecule has 0 aliphatic heterocycles. The largest absolute Gasteiger partial charge is 0.494 e. The minimum Gasteiger partial charge on any atom is -0.494 e. The SMILES string of the molecule is COc1cccc(C(=O)C2CCCC(C(F)(F)F)C2)c1F. The summed E-state index contributed by atoms with van der Waals surface area (Å²) in [6, 6.07) is 4.11. The molecular weight excluding hydrogens is 288 g/mol. The Balaban J connectivity index is 2.20. The van der Waals surface area contributed by atoms with Crippen LogP contribution in [0.5, 0.6) is 5.75 Å². The van der Waals surface area contributed by atoms with Gasteiger partial charge in [0.2, 0.25) is 0 Å². The molecule has 0 amide bonds. The molecule has 0 saturated heterocycles. The molecular formula is C15H16F4O2. The molecule has 1 fully saturated rings. The summed E-state index contributed by atoms with van der Waals surface area (Å²) < 4.78 is 57.2. The fourth-order valence-corrected chi connectivity index (χ4v) is 2.80. The lowest BCUT2D eigenvalue weighted by Crippen LogP contribution is -2.32. The molecule has 0 N–H and O–H groups in total. The molecule has 2 rings (SSSR count). The van der Waals surface area contributed by atoms with Gasteiger partial charge in [0.25, 0.3) is 0 Å². The Morgan fingerprint density at radius 3 is 2.62 bits per heavy atom. The van der Waals surface area contributed by atoms with E-state index in [2.05, 4.69) is 0 Å². The van der Waals surface area contributed by atoms with Gasteiger partial charge in [0.05, 0.1) is 18.6 Å². The van der Waals surface area contributed by atoms with Crippen LogP contribution in [0.1, 0.15) is 36.0 Å². The van der Waals surface area contributed by atoms with Crippen molar-refractivity contribution in [3.05, 3.63) is 29.6 Å². The second kappa shape index (κ2) is 6.03. The molecule has 2 nitrogen and oxygen atoms in total. The predicted octanol–water partition coefficient (Wildman–Crippen LogP) is 4.39. The van der Waals surface area contributed by atoms with Crippen molar-refractivity contribution in [3.8, 4) is 5.75 Å². The number of ether oxygens (including phenoxy) is 1. The van der Waals surface area contributed by atoms with Gasteiger partial charge < -0.3 is 4.74 Å². The molecule has 0 aromatic heterocycles. The van der Waals surface area contributed by atoms with E-state index in [1.165, 1.54) is 25.3 Å². The first-order valence-electron chi connectivity index (χ1n) is 6.78. The Bertz CT molecular complexity index is 525. The molecule has 1 aromatic rings. The van der Waals surface area contributed by atoms with Crippen LogP contribution >= 0.6 is 0 Å². The molecule has 1 aromatic carbocycles. The van der Waals surface area contributed by atoms with Crippen LogP contribution in [0.2, 0.25) is 0 Å². The molecule has 6 heteroatoms. The Morgan fingerprint density at radius 2 is 2.00 bits per heavy atom. The summed E-state index contributed by atoms with van der Waals surface area (Å²) in [6.07, 6.45) is -3.84.